The Morgan fingerprint density at radius 2 is 2.10 bits per heavy atom. The standard InChI is InChI=1S/C17H20F3N5O4S2/c1-8-12(9-4-3-5-10(9)23-13(8)17(18,19)20)24-15(27)25-31(21,29)11-6-22-14(30-11)16(2,28)7-26/h6,26,28H,3-5,7H2,1-2H3,(H3,21,23,24,25,27,29)/t16?,31-/m0/s1. The van der Waals surface area contributed by atoms with E-state index in [1.54, 1.807) is 0 Å². The van der Waals surface area contributed by atoms with Crippen molar-refractivity contribution in [2.75, 3.05) is 11.9 Å². The van der Waals surface area contributed by atoms with Gasteiger partial charge in [-0.2, -0.15) is 13.2 Å². The van der Waals surface area contributed by atoms with Crippen LogP contribution in [-0.4, -0.2) is 37.0 Å². The van der Waals surface area contributed by atoms with E-state index in [0.717, 1.165) is 6.20 Å². The molecule has 31 heavy (non-hydrogen) atoms. The highest BCUT2D eigenvalue weighted by molar-refractivity contribution is 7.93. The zero-order valence-electron chi connectivity index (χ0n) is 16.5. The number of carbonyl (C=O) groups is 1. The van der Waals surface area contributed by atoms with Crippen molar-refractivity contribution in [1.82, 2.24) is 9.97 Å². The number of halogens is 3. The predicted octanol–water partition coefficient (Wildman–Crippen LogP) is 2.49. The average Bonchev–Trinajstić information content (AvgIpc) is 3.32. The van der Waals surface area contributed by atoms with Gasteiger partial charge in [-0.05, 0) is 38.7 Å². The number of anilines is 1. The number of aliphatic hydroxyl groups is 2. The number of nitrogens with two attached hydrogens (primary N) is 1. The molecule has 9 nitrogen and oxygen atoms in total. The van der Waals surface area contributed by atoms with Gasteiger partial charge in [-0.3, -0.25) is 0 Å². The van der Waals surface area contributed by atoms with Gasteiger partial charge < -0.3 is 15.5 Å². The summed E-state index contributed by atoms with van der Waals surface area (Å²) in [6.45, 7) is 1.82. The lowest BCUT2D eigenvalue weighted by molar-refractivity contribution is -0.141. The van der Waals surface area contributed by atoms with Crippen molar-refractivity contribution in [2.45, 2.75) is 49.1 Å². The molecule has 1 aliphatic rings. The van der Waals surface area contributed by atoms with Gasteiger partial charge in [0.05, 0.1) is 18.5 Å². The number of thiazole rings is 1. The van der Waals surface area contributed by atoms with Gasteiger partial charge in [-0.1, -0.05) is 0 Å². The summed E-state index contributed by atoms with van der Waals surface area (Å²) in [6, 6.07) is -1.19. The Hall–Kier alpha value is -2.13. The Morgan fingerprint density at radius 1 is 1.42 bits per heavy atom. The van der Waals surface area contributed by atoms with Gasteiger partial charge in [0.25, 0.3) is 0 Å². The topological polar surface area (TPSA) is 151 Å². The molecule has 2 heterocycles. The number of nitrogens with zero attached hydrogens (tertiary/aromatic N) is 3. The summed E-state index contributed by atoms with van der Waals surface area (Å²) in [6.07, 6.45) is -2.28. The van der Waals surface area contributed by atoms with Crippen LogP contribution in [-0.2, 0) is 34.5 Å². The molecule has 170 valence electrons. The zero-order chi connectivity index (χ0) is 23.2. The van der Waals surface area contributed by atoms with E-state index in [1.165, 1.54) is 13.8 Å². The van der Waals surface area contributed by atoms with E-state index in [4.69, 9.17) is 5.14 Å². The van der Waals surface area contributed by atoms with Gasteiger partial charge in [-0.15, -0.1) is 15.7 Å². The van der Waals surface area contributed by atoms with Crippen molar-refractivity contribution in [3.8, 4) is 0 Å². The molecular formula is C17H20F3N5O4S2. The van der Waals surface area contributed by atoms with E-state index in [1.807, 2.05) is 0 Å². The summed E-state index contributed by atoms with van der Waals surface area (Å²) in [4.78, 5) is 20.0. The van der Waals surface area contributed by atoms with Crippen LogP contribution in [0.25, 0.3) is 0 Å². The molecule has 0 saturated carbocycles. The molecule has 5 N–H and O–H groups in total. The van der Waals surface area contributed by atoms with E-state index in [-0.39, 0.29) is 26.2 Å². The van der Waals surface area contributed by atoms with Gasteiger partial charge in [0.2, 0.25) is 0 Å². The van der Waals surface area contributed by atoms with Crippen molar-refractivity contribution in [2.24, 2.45) is 9.50 Å². The molecule has 0 fully saturated rings. The monoisotopic (exact) mass is 479 g/mol. The molecule has 0 bridgehead atoms. The largest absolute Gasteiger partial charge is 0.433 e. The van der Waals surface area contributed by atoms with E-state index in [9.17, 15) is 32.4 Å². The smallest absolute Gasteiger partial charge is 0.393 e. The normalized spacial score (nSPS) is 17.5. The quantitative estimate of drug-likeness (QED) is 0.529. The fourth-order valence-electron chi connectivity index (χ4n) is 3.14. The fourth-order valence-corrected chi connectivity index (χ4v) is 5.24. The second kappa shape index (κ2) is 8.09. The number of aliphatic hydroxyl groups excluding tert-OH is 1. The molecule has 2 atom stereocenters. The molecule has 1 aliphatic carbocycles. The summed E-state index contributed by atoms with van der Waals surface area (Å²) in [5.74, 6) is 0. The first-order valence-electron chi connectivity index (χ1n) is 9.01. The third-order valence-electron chi connectivity index (χ3n) is 4.73. The highest BCUT2D eigenvalue weighted by atomic mass is 32.2. The van der Waals surface area contributed by atoms with Gasteiger partial charge in [0.15, 0.2) is 9.92 Å². The molecule has 0 aromatic carbocycles. The molecule has 0 aliphatic heterocycles. The Balaban J connectivity index is 1.96. The number of aryl methyl sites for hydroxylation is 1. The summed E-state index contributed by atoms with van der Waals surface area (Å²) in [5.41, 5.74) is -2.40. The van der Waals surface area contributed by atoms with Crippen LogP contribution < -0.4 is 10.5 Å². The third kappa shape index (κ3) is 4.72. The van der Waals surface area contributed by atoms with Crippen LogP contribution in [0.3, 0.4) is 0 Å². The van der Waals surface area contributed by atoms with Gasteiger partial charge >= 0.3 is 12.2 Å². The molecule has 0 saturated heterocycles. The first-order chi connectivity index (χ1) is 14.3. The number of carbonyl (C=O) groups excluding carboxylic acids is 1. The van der Waals surface area contributed by atoms with Gasteiger partial charge in [0, 0.05) is 11.3 Å². The first kappa shape index (κ1) is 23.5. The van der Waals surface area contributed by atoms with Crippen molar-refractivity contribution in [3.05, 3.63) is 33.7 Å². The Kier molecular flexibility index (Phi) is 6.14. The van der Waals surface area contributed by atoms with Crippen molar-refractivity contribution < 1.29 is 32.4 Å². The molecule has 1 unspecified atom stereocenters. The van der Waals surface area contributed by atoms with E-state index in [2.05, 4.69) is 19.6 Å². The van der Waals surface area contributed by atoms with Crippen LogP contribution in [0.4, 0.5) is 23.7 Å². The molecule has 3 rings (SSSR count). The fraction of sp³-hybridized carbons (Fsp3) is 0.471. The molecule has 2 amide bonds. The Bertz CT molecular complexity index is 1150. The van der Waals surface area contributed by atoms with Gasteiger partial charge in [0.1, 0.15) is 20.5 Å². The minimum Gasteiger partial charge on any atom is -0.393 e. The number of fused-ring (bicyclic) bond motifs is 1. The number of nitrogens with one attached hydrogen (secondary N) is 1. The van der Waals surface area contributed by atoms with Crippen LogP contribution in [0, 0.1) is 6.92 Å². The number of hydrogen-bond acceptors (Lipinski definition) is 7. The maximum Gasteiger partial charge on any atom is 0.433 e. The minimum atomic E-state index is -4.71. The average molecular weight is 480 g/mol. The molecule has 0 radical (unpaired) electrons. The van der Waals surface area contributed by atoms with Crippen LogP contribution >= 0.6 is 11.3 Å². The van der Waals surface area contributed by atoms with E-state index in [0.29, 0.717) is 36.2 Å². The van der Waals surface area contributed by atoms with Crippen molar-refractivity contribution in [3.63, 3.8) is 0 Å². The number of rotatable bonds is 4. The lowest BCUT2D eigenvalue weighted by atomic mass is 10.1. The van der Waals surface area contributed by atoms with Crippen molar-refractivity contribution in [1.29, 1.82) is 0 Å². The van der Waals surface area contributed by atoms with E-state index >= 15 is 0 Å². The van der Waals surface area contributed by atoms with Crippen LogP contribution in [0.2, 0.25) is 0 Å². The number of pyridine rings is 1. The Morgan fingerprint density at radius 3 is 2.71 bits per heavy atom. The maximum absolute atomic E-state index is 13.3. The molecule has 0 spiro atoms. The van der Waals surface area contributed by atoms with Crippen molar-refractivity contribution >= 4 is 33.0 Å². The third-order valence-corrected chi connectivity index (χ3v) is 7.86. The SMILES string of the molecule is Cc1c(C(F)(F)F)nc2c(c1NC(=O)N=[S@](N)(=O)c1cnc(C(C)(O)CO)s1)CCC2. The second-order valence-electron chi connectivity index (χ2n) is 7.24. The van der Waals surface area contributed by atoms with E-state index < -0.39 is 40.0 Å². The summed E-state index contributed by atoms with van der Waals surface area (Å²) in [5, 5.41) is 27.2. The minimum absolute atomic E-state index is 0.0106. The molecule has 2 aromatic heterocycles. The zero-order valence-corrected chi connectivity index (χ0v) is 18.1. The van der Waals surface area contributed by atoms with Crippen LogP contribution in [0.5, 0.6) is 0 Å². The lowest BCUT2D eigenvalue weighted by Gasteiger charge is -2.17. The highest BCUT2D eigenvalue weighted by Crippen LogP contribution is 2.39. The predicted molar refractivity (Wildman–Crippen MR) is 107 cm³/mol. The number of amides is 2. The summed E-state index contributed by atoms with van der Waals surface area (Å²) < 4.78 is 56.1. The molecule has 2 aromatic rings. The number of hydrogen-bond donors (Lipinski definition) is 4. The number of aromatic nitrogens is 2. The number of urea groups is 1. The highest BCUT2D eigenvalue weighted by Gasteiger charge is 2.38. The Labute approximate surface area is 179 Å². The molecule has 14 heteroatoms. The maximum atomic E-state index is 13.3. The molecular weight excluding hydrogens is 459 g/mol. The lowest BCUT2D eigenvalue weighted by Crippen LogP contribution is -2.25. The van der Waals surface area contributed by atoms with Gasteiger partial charge in [-0.25, -0.2) is 24.1 Å². The van der Waals surface area contributed by atoms with Crippen LogP contribution in [0.1, 0.15) is 40.9 Å². The summed E-state index contributed by atoms with van der Waals surface area (Å²) >= 11 is 0.695. The second-order valence-corrected chi connectivity index (χ2v) is 10.3. The van der Waals surface area contributed by atoms with Crippen LogP contribution in [0.15, 0.2) is 14.8 Å². The summed E-state index contributed by atoms with van der Waals surface area (Å²) in [7, 11) is -3.80. The first-order valence-corrected chi connectivity index (χ1v) is 11.4. The number of alkyl halides is 3.